The van der Waals surface area contributed by atoms with Crippen molar-refractivity contribution in [2.45, 2.75) is 4.84 Å². The first-order valence-corrected chi connectivity index (χ1v) is 5.69. The van der Waals surface area contributed by atoms with Gasteiger partial charge in [0.15, 0.2) is 0 Å². The summed E-state index contributed by atoms with van der Waals surface area (Å²) in [5.74, 6) is -0.250. The molecule has 0 aliphatic heterocycles. The number of alkyl halides is 2. The van der Waals surface area contributed by atoms with Crippen LogP contribution < -0.4 is 0 Å². The van der Waals surface area contributed by atoms with Gasteiger partial charge in [0.2, 0.25) is 0 Å². The first kappa shape index (κ1) is 11.4. The van der Waals surface area contributed by atoms with Crippen molar-refractivity contribution in [3.63, 3.8) is 0 Å². The molecule has 0 aromatic heterocycles. The van der Waals surface area contributed by atoms with E-state index in [9.17, 15) is 4.39 Å². The molecule has 16 heavy (non-hydrogen) atoms. The maximum Gasteiger partial charge on any atom is 0.132 e. The molecule has 0 amide bonds. The third kappa shape index (κ3) is 2.37. The largest absolute Gasteiger partial charge is 0.206 e. The van der Waals surface area contributed by atoms with Crippen LogP contribution in [0.2, 0.25) is 0 Å². The molecule has 2 aromatic carbocycles. The fourth-order valence-corrected chi connectivity index (χ4v) is 1.81. The molecule has 0 atom stereocenters. The van der Waals surface area contributed by atoms with Crippen LogP contribution in [0.3, 0.4) is 0 Å². The van der Waals surface area contributed by atoms with Gasteiger partial charge in [-0.1, -0.05) is 36.4 Å². The van der Waals surface area contributed by atoms with Crippen molar-refractivity contribution in [1.29, 1.82) is 0 Å². The van der Waals surface area contributed by atoms with Gasteiger partial charge in [-0.2, -0.15) is 0 Å². The van der Waals surface area contributed by atoms with Crippen LogP contribution in [0, 0.1) is 5.82 Å². The van der Waals surface area contributed by atoms with Gasteiger partial charge in [0.25, 0.3) is 0 Å². The highest BCUT2D eigenvalue weighted by atomic mass is 35.5. The van der Waals surface area contributed by atoms with E-state index >= 15 is 0 Å². The monoisotopic (exact) mass is 254 g/mol. The smallest absolute Gasteiger partial charge is 0.132 e. The van der Waals surface area contributed by atoms with Gasteiger partial charge in [0, 0.05) is 5.56 Å². The third-order valence-corrected chi connectivity index (χ3v) is 2.83. The van der Waals surface area contributed by atoms with Gasteiger partial charge in [-0.15, -0.1) is 23.2 Å². The van der Waals surface area contributed by atoms with Crippen molar-refractivity contribution in [3.8, 4) is 11.1 Å². The highest BCUT2D eigenvalue weighted by Gasteiger charge is 2.07. The molecule has 0 radical (unpaired) electrons. The molecule has 0 saturated carbocycles. The number of halogens is 3. The van der Waals surface area contributed by atoms with Gasteiger partial charge in [-0.3, -0.25) is 0 Å². The van der Waals surface area contributed by atoms with E-state index in [-0.39, 0.29) is 5.82 Å². The molecule has 0 bridgehead atoms. The van der Waals surface area contributed by atoms with Gasteiger partial charge >= 0.3 is 0 Å². The molecule has 0 aliphatic carbocycles. The van der Waals surface area contributed by atoms with Crippen molar-refractivity contribution in [2.24, 2.45) is 0 Å². The first-order valence-electron chi connectivity index (χ1n) is 4.81. The van der Waals surface area contributed by atoms with Gasteiger partial charge in [-0.25, -0.2) is 4.39 Å². The molecule has 0 spiro atoms. The summed E-state index contributed by atoms with van der Waals surface area (Å²) < 4.78 is 13.5. The lowest BCUT2D eigenvalue weighted by molar-refractivity contribution is 0.631. The minimum absolute atomic E-state index is 0.250. The van der Waals surface area contributed by atoms with Crippen LogP contribution in [0.15, 0.2) is 48.5 Å². The Bertz CT molecular complexity index is 495. The Labute approximate surface area is 104 Å². The average Bonchev–Trinajstić information content (AvgIpc) is 2.30. The molecule has 3 heteroatoms. The lowest BCUT2D eigenvalue weighted by Crippen LogP contribution is -1.86. The Morgan fingerprint density at radius 3 is 2.38 bits per heavy atom. The first-order chi connectivity index (χ1) is 7.68. The van der Waals surface area contributed by atoms with Crippen LogP contribution in [0.25, 0.3) is 11.1 Å². The lowest BCUT2D eigenvalue weighted by Gasteiger charge is -2.06. The number of hydrogen-bond acceptors (Lipinski definition) is 0. The molecule has 0 N–H and O–H groups in total. The second kappa shape index (κ2) is 4.86. The Hall–Kier alpha value is -1.05. The SMILES string of the molecule is Fc1ccccc1-c1cccc(C(Cl)Cl)c1. The third-order valence-electron chi connectivity index (χ3n) is 2.32. The van der Waals surface area contributed by atoms with Crippen molar-refractivity contribution >= 4 is 23.2 Å². The Balaban J connectivity index is 2.49. The van der Waals surface area contributed by atoms with Crippen LogP contribution in [0.5, 0.6) is 0 Å². The molecule has 0 unspecified atom stereocenters. The second-order valence-corrected chi connectivity index (χ2v) is 4.50. The van der Waals surface area contributed by atoms with Crippen LogP contribution >= 0.6 is 23.2 Å². The van der Waals surface area contributed by atoms with E-state index in [1.54, 1.807) is 24.3 Å². The number of rotatable bonds is 2. The highest BCUT2D eigenvalue weighted by molar-refractivity contribution is 6.44. The quantitative estimate of drug-likeness (QED) is 0.664. The summed E-state index contributed by atoms with van der Waals surface area (Å²) in [7, 11) is 0. The van der Waals surface area contributed by atoms with E-state index in [4.69, 9.17) is 23.2 Å². The second-order valence-electron chi connectivity index (χ2n) is 3.41. The van der Waals surface area contributed by atoms with Crippen LogP contribution in [-0.2, 0) is 0 Å². The maximum atomic E-state index is 13.5. The molecule has 0 fully saturated rings. The van der Waals surface area contributed by atoms with E-state index in [0.717, 1.165) is 11.1 Å². The predicted molar refractivity (Wildman–Crippen MR) is 66.3 cm³/mol. The molecule has 2 rings (SSSR count). The number of benzene rings is 2. The van der Waals surface area contributed by atoms with Crippen molar-refractivity contribution in [1.82, 2.24) is 0 Å². The van der Waals surface area contributed by atoms with E-state index < -0.39 is 4.84 Å². The van der Waals surface area contributed by atoms with E-state index in [1.165, 1.54) is 6.07 Å². The molecule has 0 aliphatic rings. The lowest BCUT2D eigenvalue weighted by atomic mass is 10.0. The van der Waals surface area contributed by atoms with E-state index in [1.807, 2.05) is 18.2 Å². The molecule has 82 valence electrons. The standard InChI is InChI=1S/C13H9Cl2F/c14-13(15)10-5-3-4-9(8-10)11-6-1-2-7-12(11)16/h1-8,13H. The van der Waals surface area contributed by atoms with Gasteiger partial charge in [0.05, 0.1) is 0 Å². The fraction of sp³-hybridized carbons (Fsp3) is 0.0769. The summed E-state index contributed by atoms with van der Waals surface area (Å²) >= 11 is 11.5. The summed E-state index contributed by atoms with van der Waals surface area (Å²) in [6.07, 6.45) is 0. The van der Waals surface area contributed by atoms with Gasteiger partial charge < -0.3 is 0 Å². The molecular weight excluding hydrogens is 246 g/mol. The summed E-state index contributed by atoms with van der Waals surface area (Å²) in [5, 5.41) is 0. The zero-order valence-corrected chi connectivity index (χ0v) is 9.84. The summed E-state index contributed by atoms with van der Waals surface area (Å²) in [6, 6.07) is 13.9. The van der Waals surface area contributed by atoms with E-state index in [2.05, 4.69) is 0 Å². The van der Waals surface area contributed by atoms with Crippen LogP contribution in [-0.4, -0.2) is 0 Å². The highest BCUT2D eigenvalue weighted by Crippen LogP contribution is 2.29. The Morgan fingerprint density at radius 1 is 0.938 bits per heavy atom. The zero-order chi connectivity index (χ0) is 11.5. The molecule has 0 nitrogen and oxygen atoms in total. The molecule has 0 heterocycles. The fourth-order valence-electron chi connectivity index (χ4n) is 1.54. The Morgan fingerprint density at radius 2 is 1.69 bits per heavy atom. The van der Waals surface area contributed by atoms with Crippen LogP contribution in [0.4, 0.5) is 4.39 Å². The summed E-state index contributed by atoms with van der Waals surface area (Å²) in [5.41, 5.74) is 2.10. The average molecular weight is 255 g/mol. The predicted octanol–water partition coefficient (Wildman–Crippen LogP) is 4.97. The summed E-state index contributed by atoms with van der Waals surface area (Å²) in [4.78, 5) is -0.591. The Kier molecular flexibility index (Phi) is 3.47. The summed E-state index contributed by atoms with van der Waals surface area (Å²) in [6.45, 7) is 0. The van der Waals surface area contributed by atoms with E-state index in [0.29, 0.717) is 5.56 Å². The minimum atomic E-state index is -0.591. The van der Waals surface area contributed by atoms with Gasteiger partial charge in [-0.05, 0) is 23.3 Å². The molecular formula is C13H9Cl2F. The minimum Gasteiger partial charge on any atom is -0.206 e. The molecule has 2 aromatic rings. The maximum absolute atomic E-state index is 13.5. The zero-order valence-electron chi connectivity index (χ0n) is 8.33. The normalized spacial score (nSPS) is 10.8. The topological polar surface area (TPSA) is 0 Å². The molecule has 0 saturated heterocycles. The van der Waals surface area contributed by atoms with Gasteiger partial charge in [0.1, 0.15) is 10.7 Å². The van der Waals surface area contributed by atoms with Crippen LogP contribution in [0.1, 0.15) is 10.4 Å². The van der Waals surface area contributed by atoms with Crippen molar-refractivity contribution < 1.29 is 4.39 Å². The van der Waals surface area contributed by atoms with Crippen molar-refractivity contribution in [3.05, 3.63) is 59.9 Å². The van der Waals surface area contributed by atoms with Crippen molar-refractivity contribution in [2.75, 3.05) is 0 Å². The number of hydrogen-bond donors (Lipinski definition) is 0.